The van der Waals surface area contributed by atoms with E-state index >= 15 is 0 Å². The molecule has 1 aromatic rings. The van der Waals surface area contributed by atoms with Crippen LogP contribution in [0.3, 0.4) is 0 Å². The number of amides is 1. The van der Waals surface area contributed by atoms with Crippen molar-refractivity contribution in [3.63, 3.8) is 0 Å². The highest BCUT2D eigenvalue weighted by atomic mass is 16.5. The van der Waals surface area contributed by atoms with E-state index < -0.39 is 0 Å². The van der Waals surface area contributed by atoms with Crippen molar-refractivity contribution >= 4 is 5.91 Å². The number of hydrogen-bond donors (Lipinski definition) is 0. The maximum absolute atomic E-state index is 11.7. The first-order valence-electron chi connectivity index (χ1n) is 4.85. The van der Waals surface area contributed by atoms with Crippen LogP contribution in [0.25, 0.3) is 0 Å². The van der Waals surface area contributed by atoms with Gasteiger partial charge in [-0.25, -0.2) is 9.97 Å². The number of ether oxygens (including phenoxy) is 1. The monoisotopic (exact) mass is 207 g/mol. The van der Waals surface area contributed by atoms with Crippen LogP contribution in [-0.2, 0) is 22.6 Å². The molecule has 0 saturated carbocycles. The third-order valence-corrected chi connectivity index (χ3v) is 2.46. The summed E-state index contributed by atoms with van der Waals surface area (Å²) in [6.45, 7) is 1.69. The maximum atomic E-state index is 11.7. The molecule has 1 aliphatic rings. The standard InChI is InChI=1S/C10H13N3O2/c1-15-3-2-10(14)13-5-8-4-11-7-12-9(8)6-13/h4,7H,2-3,5-6H2,1H3. The van der Waals surface area contributed by atoms with Crippen LogP contribution in [0.2, 0.25) is 0 Å². The van der Waals surface area contributed by atoms with E-state index in [0.717, 1.165) is 11.3 Å². The Morgan fingerprint density at radius 3 is 3.20 bits per heavy atom. The van der Waals surface area contributed by atoms with Gasteiger partial charge < -0.3 is 9.64 Å². The highest BCUT2D eigenvalue weighted by molar-refractivity contribution is 5.76. The zero-order chi connectivity index (χ0) is 10.7. The molecule has 5 nitrogen and oxygen atoms in total. The van der Waals surface area contributed by atoms with E-state index in [0.29, 0.717) is 26.1 Å². The van der Waals surface area contributed by atoms with Crippen LogP contribution in [0.4, 0.5) is 0 Å². The summed E-state index contributed by atoms with van der Waals surface area (Å²) in [6.07, 6.45) is 3.71. The Bertz CT molecular complexity index is 342. The van der Waals surface area contributed by atoms with Crippen molar-refractivity contribution in [3.8, 4) is 0 Å². The Hall–Kier alpha value is -1.49. The number of nitrogens with zero attached hydrogens (tertiary/aromatic N) is 3. The molecule has 0 unspecified atom stereocenters. The van der Waals surface area contributed by atoms with Crippen LogP contribution in [0, 0.1) is 0 Å². The Balaban J connectivity index is 1.98. The van der Waals surface area contributed by atoms with Gasteiger partial charge in [0.2, 0.25) is 5.91 Å². The molecule has 1 aromatic heterocycles. The third kappa shape index (κ3) is 2.12. The second-order valence-corrected chi connectivity index (χ2v) is 3.49. The van der Waals surface area contributed by atoms with Gasteiger partial charge in [0, 0.05) is 25.4 Å². The predicted molar refractivity (Wildman–Crippen MR) is 52.8 cm³/mol. The molecule has 2 rings (SSSR count). The summed E-state index contributed by atoms with van der Waals surface area (Å²) in [5.41, 5.74) is 2.00. The van der Waals surface area contributed by atoms with E-state index in [2.05, 4.69) is 9.97 Å². The predicted octanol–water partition coefficient (Wildman–Crippen LogP) is 0.355. The molecule has 0 radical (unpaired) electrons. The van der Waals surface area contributed by atoms with E-state index in [1.807, 2.05) is 0 Å². The number of carbonyl (C=O) groups is 1. The second kappa shape index (κ2) is 4.35. The molecule has 0 fully saturated rings. The van der Waals surface area contributed by atoms with E-state index in [-0.39, 0.29) is 5.91 Å². The molecule has 1 aliphatic heterocycles. The van der Waals surface area contributed by atoms with Gasteiger partial charge in [0.05, 0.1) is 25.3 Å². The molecule has 80 valence electrons. The Kier molecular flexibility index (Phi) is 2.91. The molecule has 0 aromatic carbocycles. The van der Waals surface area contributed by atoms with Crippen molar-refractivity contribution in [1.82, 2.24) is 14.9 Å². The second-order valence-electron chi connectivity index (χ2n) is 3.49. The molecule has 0 N–H and O–H groups in total. The van der Waals surface area contributed by atoms with Crippen LogP contribution in [0.1, 0.15) is 17.7 Å². The SMILES string of the molecule is COCCC(=O)N1Cc2cncnc2C1. The Morgan fingerprint density at radius 2 is 2.47 bits per heavy atom. The number of aromatic nitrogens is 2. The summed E-state index contributed by atoms with van der Waals surface area (Å²) in [5.74, 6) is 0.106. The van der Waals surface area contributed by atoms with Crippen molar-refractivity contribution in [1.29, 1.82) is 0 Å². The van der Waals surface area contributed by atoms with Gasteiger partial charge in [0.1, 0.15) is 6.33 Å². The van der Waals surface area contributed by atoms with Gasteiger partial charge in [0.15, 0.2) is 0 Å². The molecule has 0 aliphatic carbocycles. The fourth-order valence-electron chi connectivity index (χ4n) is 1.62. The molecular weight excluding hydrogens is 194 g/mol. The van der Waals surface area contributed by atoms with Gasteiger partial charge in [-0.2, -0.15) is 0 Å². The minimum atomic E-state index is 0.106. The largest absolute Gasteiger partial charge is 0.384 e. The van der Waals surface area contributed by atoms with Crippen LogP contribution in [-0.4, -0.2) is 34.5 Å². The first-order chi connectivity index (χ1) is 7.31. The molecule has 0 saturated heterocycles. The number of hydrogen-bond acceptors (Lipinski definition) is 4. The third-order valence-electron chi connectivity index (χ3n) is 2.46. The topological polar surface area (TPSA) is 55.3 Å². The zero-order valence-corrected chi connectivity index (χ0v) is 8.64. The van der Waals surface area contributed by atoms with Gasteiger partial charge >= 0.3 is 0 Å². The maximum Gasteiger partial charge on any atom is 0.225 e. The summed E-state index contributed by atoms with van der Waals surface area (Å²) in [4.78, 5) is 21.5. The van der Waals surface area contributed by atoms with Crippen molar-refractivity contribution in [2.75, 3.05) is 13.7 Å². The molecule has 0 atom stereocenters. The van der Waals surface area contributed by atoms with Gasteiger partial charge in [0.25, 0.3) is 0 Å². The van der Waals surface area contributed by atoms with Gasteiger partial charge in [-0.05, 0) is 0 Å². The molecule has 15 heavy (non-hydrogen) atoms. The number of methoxy groups -OCH3 is 1. The first-order valence-corrected chi connectivity index (χ1v) is 4.85. The average Bonchev–Trinajstić information content (AvgIpc) is 2.69. The van der Waals surface area contributed by atoms with Crippen LogP contribution in [0.5, 0.6) is 0 Å². The van der Waals surface area contributed by atoms with E-state index in [1.54, 1.807) is 18.2 Å². The average molecular weight is 207 g/mol. The van der Waals surface area contributed by atoms with Crippen LogP contribution >= 0.6 is 0 Å². The Labute approximate surface area is 88.1 Å². The fourth-order valence-corrected chi connectivity index (χ4v) is 1.62. The molecular formula is C10H13N3O2. The zero-order valence-electron chi connectivity index (χ0n) is 8.64. The summed E-state index contributed by atoms with van der Waals surface area (Å²) >= 11 is 0. The molecule has 0 bridgehead atoms. The molecule has 0 spiro atoms. The van der Waals surface area contributed by atoms with Crippen molar-refractivity contribution < 1.29 is 9.53 Å². The van der Waals surface area contributed by atoms with E-state index in [9.17, 15) is 4.79 Å². The summed E-state index contributed by atoms with van der Waals surface area (Å²) in [5, 5.41) is 0. The van der Waals surface area contributed by atoms with Gasteiger partial charge in [-0.3, -0.25) is 4.79 Å². The van der Waals surface area contributed by atoms with Gasteiger partial charge in [-0.1, -0.05) is 0 Å². The van der Waals surface area contributed by atoms with E-state index in [4.69, 9.17) is 4.74 Å². The fraction of sp³-hybridized carbons (Fsp3) is 0.500. The summed E-state index contributed by atoms with van der Waals surface area (Å²) < 4.78 is 4.87. The smallest absolute Gasteiger partial charge is 0.225 e. The highest BCUT2D eigenvalue weighted by Gasteiger charge is 2.23. The lowest BCUT2D eigenvalue weighted by atomic mass is 10.3. The van der Waals surface area contributed by atoms with Crippen LogP contribution < -0.4 is 0 Å². The minimum Gasteiger partial charge on any atom is -0.384 e. The number of rotatable bonds is 3. The number of carbonyl (C=O) groups excluding carboxylic acids is 1. The van der Waals surface area contributed by atoms with E-state index in [1.165, 1.54) is 6.33 Å². The number of fused-ring (bicyclic) bond motifs is 1. The summed E-state index contributed by atoms with van der Waals surface area (Å²) in [6, 6.07) is 0. The van der Waals surface area contributed by atoms with Crippen LogP contribution in [0.15, 0.2) is 12.5 Å². The first kappa shape index (κ1) is 10.0. The van der Waals surface area contributed by atoms with Crippen molar-refractivity contribution in [2.45, 2.75) is 19.5 Å². The normalized spacial score (nSPS) is 14.1. The van der Waals surface area contributed by atoms with Crippen molar-refractivity contribution in [3.05, 3.63) is 23.8 Å². The lowest BCUT2D eigenvalue weighted by Gasteiger charge is -2.14. The minimum absolute atomic E-state index is 0.106. The Morgan fingerprint density at radius 1 is 1.60 bits per heavy atom. The molecule has 1 amide bonds. The lowest BCUT2D eigenvalue weighted by Crippen LogP contribution is -2.26. The lowest BCUT2D eigenvalue weighted by molar-refractivity contribution is -0.132. The highest BCUT2D eigenvalue weighted by Crippen LogP contribution is 2.19. The van der Waals surface area contributed by atoms with Gasteiger partial charge in [-0.15, -0.1) is 0 Å². The molecule has 2 heterocycles. The summed E-state index contributed by atoms with van der Waals surface area (Å²) in [7, 11) is 1.59. The van der Waals surface area contributed by atoms with Crippen molar-refractivity contribution in [2.24, 2.45) is 0 Å². The quantitative estimate of drug-likeness (QED) is 0.718. The molecule has 5 heteroatoms.